The molecule has 0 fully saturated rings. The van der Waals surface area contributed by atoms with E-state index in [0.29, 0.717) is 0 Å². The van der Waals surface area contributed by atoms with Crippen LogP contribution in [-0.4, -0.2) is 46.0 Å². The molecule has 2 rings (SSSR count). The van der Waals surface area contributed by atoms with Crippen molar-refractivity contribution in [3.63, 3.8) is 0 Å². The molecule has 0 unspecified atom stereocenters. The van der Waals surface area contributed by atoms with Crippen LogP contribution in [0.3, 0.4) is 0 Å². The summed E-state index contributed by atoms with van der Waals surface area (Å²) in [4.78, 5) is 19.3. The number of sulfone groups is 1. The molecule has 1 atom stereocenters. The Bertz CT molecular complexity index is 979. The van der Waals surface area contributed by atoms with Gasteiger partial charge in [0.05, 0.1) is 16.3 Å². The molecule has 0 spiro atoms. The molecule has 0 saturated heterocycles. The van der Waals surface area contributed by atoms with Gasteiger partial charge in [0.25, 0.3) is 11.9 Å². The first-order valence-corrected chi connectivity index (χ1v) is 9.12. The van der Waals surface area contributed by atoms with E-state index in [9.17, 15) is 18.3 Å². The molecule has 1 aromatic carbocycles. The van der Waals surface area contributed by atoms with Gasteiger partial charge in [0.1, 0.15) is 0 Å². The molecule has 1 amide bonds. The summed E-state index contributed by atoms with van der Waals surface area (Å²) in [6.07, 6.45) is 0. The fourth-order valence-electron chi connectivity index (χ4n) is 2.06. The van der Waals surface area contributed by atoms with Crippen molar-refractivity contribution >= 4 is 27.5 Å². The van der Waals surface area contributed by atoms with Crippen molar-refractivity contribution in [3.8, 4) is 0 Å². The molecule has 0 saturated carbocycles. The van der Waals surface area contributed by atoms with E-state index in [-0.39, 0.29) is 22.4 Å². The quantitative estimate of drug-likeness (QED) is 0.752. The summed E-state index contributed by atoms with van der Waals surface area (Å²) in [6.45, 7) is 11.3. The third kappa shape index (κ3) is 4.38. The molecule has 0 bridgehead atoms. The second-order valence-electron chi connectivity index (χ2n) is 5.96. The van der Waals surface area contributed by atoms with Crippen molar-refractivity contribution in [1.29, 1.82) is 0 Å². The van der Waals surface area contributed by atoms with Gasteiger partial charge in [-0.2, -0.15) is 0 Å². The van der Waals surface area contributed by atoms with E-state index in [1.165, 1.54) is 19.1 Å². The maximum Gasteiger partial charge on any atom is 0.317 e. The number of hydrogen-bond donors (Lipinski definition) is 2. The zero-order valence-corrected chi connectivity index (χ0v) is 15.2. The van der Waals surface area contributed by atoms with Crippen LogP contribution in [0.2, 0.25) is 0 Å². The third-order valence-electron chi connectivity index (χ3n) is 3.51. The molecule has 0 aliphatic rings. The Kier molecular flexibility index (Phi) is 5.34. The molecule has 10 heteroatoms. The van der Waals surface area contributed by atoms with Gasteiger partial charge in [0.2, 0.25) is 0 Å². The average Bonchev–Trinajstić information content (AvgIpc) is 2.54. The normalized spacial score (nSPS) is 13.5. The molecule has 26 heavy (non-hydrogen) atoms. The first-order chi connectivity index (χ1) is 12.0. The van der Waals surface area contributed by atoms with Gasteiger partial charge in [0.15, 0.2) is 15.4 Å². The summed E-state index contributed by atoms with van der Waals surface area (Å²) in [6, 6.07) is 6.09. The van der Waals surface area contributed by atoms with E-state index in [4.69, 9.17) is 6.57 Å². The van der Waals surface area contributed by atoms with E-state index in [0.717, 1.165) is 12.5 Å². The zero-order valence-electron chi connectivity index (χ0n) is 14.4. The number of anilines is 1. The molecule has 2 aromatic rings. The van der Waals surface area contributed by atoms with Gasteiger partial charge in [-0.1, -0.05) is 24.3 Å². The number of benzene rings is 1. The van der Waals surface area contributed by atoms with Gasteiger partial charge in [-0.05, 0) is 38.0 Å². The summed E-state index contributed by atoms with van der Waals surface area (Å²) < 4.78 is 24.9. The highest BCUT2D eigenvalue weighted by molar-refractivity contribution is 7.91. The van der Waals surface area contributed by atoms with Crippen LogP contribution < -0.4 is 5.32 Å². The second-order valence-corrected chi connectivity index (χ2v) is 7.95. The zero-order chi connectivity index (χ0) is 19.5. The molecule has 0 aliphatic heterocycles. The van der Waals surface area contributed by atoms with Crippen LogP contribution in [0.15, 0.2) is 29.2 Å². The predicted molar refractivity (Wildman–Crippen MR) is 93.3 cm³/mol. The molecule has 0 aliphatic carbocycles. The van der Waals surface area contributed by atoms with Crippen molar-refractivity contribution in [3.05, 3.63) is 46.9 Å². The minimum absolute atomic E-state index is 0.00588. The highest BCUT2D eigenvalue weighted by Crippen LogP contribution is 2.19. The van der Waals surface area contributed by atoms with E-state index >= 15 is 0 Å². The van der Waals surface area contributed by atoms with Crippen LogP contribution in [0.5, 0.6) is 0 Å². The van der Waals surface area contributed by atoms with Gasteiger partial charge < -0.3 is 9.95 Å². The number of amides is 1. The monoisotopic (exact) mass is 375 g/mol. The van der Waals surface area contributed by atoms with Crippen molar-refractivity contribution in [2.24, 2.45) is 0 Å². The Morgan fingerprint density at radius 3 is 2.42 bits per heavy atom. The number of carbonyl (C=O) groups is 1. The molecule has 1 aromatic heterocycles. The van der Waals surface area contributed by atoms with Gasteiger partial charge >= 0.3 is 5.82 Å². The largest absolute Gasteiger partial charge is 0.379 e. The van der Waals surface area contributed by atoms with Crippen LogP contribution in [0.1, 0.15) is 18.2 Å². The number of aromatic nitrogens is 3. The highest BCUT2D eigenvalue weighted by atomic mass is 32.2. The lowest BCUT2D eigenvalue weighted by atomic mass is 10.1. The maximum absolute atomic E-state index is 12.4. The Morgan fingerprint density at radius 2 is 1.88 bits per heavy atom. The first-order valence-electron chi connectivity index (χ1n) is 7.47. The summed E-state index contributed by atoms with van der Waals surface area (Å²) in [7, 11) is -3.90. The van der Waals surface area contributed by atoms with Crippen LogP contribution in [0, 0.1) is 20.4 Å². The number of carbonyl (C=O) groups excluding carboxylic acids is 1. The smallest absolute Gasteiger partial charge is 0.317 e. The molecule has 2 N–H and O–H groups in total. The van der Waals surface area contributed by atoms with Crippen LogP contribution in [-0.2, 0) is 14.6 Å². The van der Waals surface area contributed by atoms with E-state index in [1.54, 1.807) is 12.1 Å². The minimum atomic E-state index is -3.90. The average molecular weight is 375 g/mol. The second kappa shape index (κ2) is 7.15. The number of hydrogen-bond acceptors (Lipinski definition) is 7. The van der Waals surface area contributed by atoms with Crippen LogP contribution in [0.25, 0.3) is 4.85 Å². The van der Waals surface area contributed by atoms with E-state index in [2.05, 4.69) is 25.3 Å². The number of rotatable bonds is 5. The number of aryl methyl sites for hydroxylation is 2. The fourth-order valence-corrected chi connectivity index (χ4v) is 3.64. The van der Waals surface area contributed by atoms with Crippen molar-refractivity contribution in [2.45, 2.75) is 31.3 Å². The number of nitrogens with zero attached hydrogens (tertiary/aromatic N) is 4. The van der Waals surface area contributed by atoms with E-state index in [1.807, 2.05) is 6.92 Å². The topological polar surface area (TPSA) is 126 Å². The molecular formula is C16H17N5O4S. The Morgan fingerprint density at radius 1 is 1.27 bits per heavy atom. The standard InChI is InChI=1S/C16H17N5O4S/c1-10-5-7-12(8-6-10)26(24,25)9-16(3,23)14(22)19-15-18-11(2)13(17-4)20-21-15/h5-8,23H,9H2,1-3H3,(H,18,19,21,22)/t16-/m0/s1. The molecule has 136 valence electrons. The Labute approximate surface area is 150 Å². The lowest BCUT2D eigenvalue weighted by Crippen LogP contribution is -2.46. The predicted octanol–water partition coefficient (Wildman–Crippen LogP) is 1.20. The summed E-state index contributed by atoms with van der Waals surface area (Å²) in [5, 5.41) is 19.7. The Hall–Kier alpha value is -2.90. The summed E-state index contributed by atoms with van der Waals surface area (Å²) in [5.41, 5.74) is -1.09. The third-order valence-corrected chi connectivity index (χ3v) is 5.44. The SMILES string of the molecule is [C-]#[N+]c1nnc(NC(=O)[C@@](C)(O)CS(=O)(=O)c2ccc(C)cc2)nc1C. The first kappa shape index (κ1) is 19.4. The van der Waals surface area contributed by atoms with Crippen LogP contribution >= 0.6 is 0 Å². The molecule has 0 radical (unpaired) electrons. The summed E-state index contributed by atoms with van der Waals surface area (Å²) in [5.74, 6) is -2.06. The van der Waals surface area contributed by atoms with Crippen molar-refractivity contribution in [2.75, 3.05) is 11.1 Å². The molecule has 1 heterocycles. The lowest BCUT2D eigenvalue weighted by molar-refractivity contribution is -0.130. The Balaban J connectivity index is 2.18. The number of aliphatic hydroxyl groups is 1. The van der Waals surface area contributed by atoms with Crippen molar-refractivity contribution in [1.82, 2.24) is 15.2 Å². The molecule has 9 nitrogen and oxygen atoms in total. The minimum Gasteiger partial charge on any atom is -0.379 e. The van der Waals surface area contributed by atoms with Crippen molar-refractivity contribution < 1.29 is 18.3 Å². The van der Waals surface area contributed by atoms with Gasteiger partial charge in [-0.25, -0.2) is 13.4 Å². The van der Waals surface area contributed by atoms with Gasteiger partial charge in [-0.15, -0.1) is 0 Å². The van der Waals surface area contributed by atoms with Gasteiger partial charge in [-0.3, -0.25) is 10.1 Å². The van der Waals surface area contributed by atoms with Gasteiger partial charge in [0, 0.05) is 5.10 Å². The highest BCUT2D eigenvalue weighted by Gasteiger charge is 2.37. The molecular weight excluding hydrogens is 358 g/mol. The van der Waals surface area contributed by atoms with E-state index < -0.39 is 27.1 Å². The lowest BCUT2D eigenvalue weighted by Gasteiger charge is -2.21. The number of nitrogens with one attached hydrogen (secondary N) is 1. The maximum atomic E-state index is 12.4. The van der Waals surface area contributed by atoms with Crippen LogP contribution in [0.4, 0.5) is 11.8 Å². The summed E-state index contributed by atoms with van der Waals surface area (Å²) >= 11 is 0. The fraction of sp³-hybridized carbons (Fsp3) is 0.312.